The zero-order chi connectivity index (χ0) is 16.6. The van der Waals surface area contributed by atoms with Gasteiger partial charge in [0.1, 0.15) is 16.8 Å². The molecule has 0 radical (unpaired) electrons. The Kier molecular flexibility index (Phi) is 3.61. The number of rotatable bonds is 2. The Morgan fingerprint density at radius 1 is 1.22 bits per heavy atom. The van der Waals surface area contributed by atoms with Crippen molar-refractivity contribution in [2.75, 3.05) is 0 Å². The van der Waals surface area contributed by atoms with Crippen LogP contribution in [0.2, 0.25) is 0 Å². The summed E-state index contributed by atoms with van der Waals surface area (Å²) in [5.41, 5.74) is 0.450. The van der Waals surface area contributed by atoms with Crippen molar-refractivity contribution in [1.82, 2.24) is 20.4 Å². The lowest BCUT2D eigenvalue weighted by Crippen LogP contribution is -2.04. The van der Waals surface area contributed by atoms with Gasteiger partial charge in [0, 0.05) is 10.4 Å². The summed E-state index contributed by atoms with van der Waals surface area (Å²) in [5.74, 6) is 0. The number of aromatic nitrogens is 4. The van der Waals surface area contributed by atoms with Crippen LogP contribution in [0.25, 0.3) is 22.0 Å². The largest absolute Gasteiger partial charge is 0.416 e. The van der Waals surface area contributed by atoms with Crippen LogP contribution >= 0.6 is 11.3 Å². The van der Waals surface area contributed by atoms with Crippen LogP contribution in [0.3, 0.4) is 0 Å². The summed E-state index contributed by atoms with van der Waals surface area (Å²) in [6.45, 7) is 1.76. The van der Waals surface area contributed by atoms with E-state index in [1.54, 1.807) is 13.0 Å². The maximum absolute atomic E-state index is 12.8. The lowest BCUT2D eigenvalue weighted by atomic mass is 10.1. The summed E-state index contributed by atoms with van der Waals surface area (Å²) in [6.07, 6.45) is -4.41. The molecule has 0 unspecified atom stereocenters. The Labute approximate surface area is 132 Å². The van der Waals surface area contributed by atoms with Crippen LogP contribution in [0.1, 0.15) is 16.1 Å². The third kappa shape index (κ3) is 2.80. The number of hydrogen-bond donors (Lipinski definition) is 1. The Morgan fingerprint density at radius 3 is 2.70 bits per heavy atom. The Hall–Kier alpha value is -2.73. The predicted octanol–water partition coefficient (Wildman–Crippen LogP) is 3.79. The topological polar surface area (TPSA) is 78.2 Å². The van der Waals surface area contributed by atoms with Gasteiger partial charge in [-0.05, 0) is 19.1 Å². The molecule has 3 rings (SSSR count). The Balaban J connectivity index is 2.07. The molecule has 5 nitrogen and oxygen atoms in total. The molecule has 0 aliphatic heterocycles. The smallest absolute Gasteiger partial charge is 0.234 e. The standard InChI is InChI=1S/C14H8F3N5S/c1-7-11(12-10(6-18)20-22-21-12)19-13(23-7)8-3-2-4-9(5-8)14(15,16)17/h2-5H,1H3,(H,20,21,22). The van der Waals surface area contributed by atoms with Gasteiger partial charge < -0.3 is 0 Å². The first kappa shape index (κ1) is 15.2. The lowest BCUT2D eigenvalue weighted by Gasteiger charge is -2.07. The number of hydrogen-bond acceptors (Lipinski definition) is 5. The van der Waals surface area contributed by atoms with Crippen LogP contribution in [-0.2, 0) is 6.18 Å². The fourth-order valence-corrected chi connectivity index (χ4v) is 2.95. The van der Waals surface area contributed by atoms with E-state index < -0.39 is 11.7 Å². The van der Waals surface area contributed by atoms with Gasteiger partial charge in [0.05, 0.1) is 5.56 Å². The van der Waals surface area contributed by atoms with Gasteiger partial charge in [0.15, 0.2) is 11.4 Å². The van der Waals surface area contributed by atoms with Crippen LogP contribution in [0, 0.1) is 18.3 Å². The Morgan fingerprint density at radius 2 is 2.00 bits per heavy atom. The molecule has 0 fully saturated rings. The van der Waals surface area contributed by atoms with Crippen LogP contribution < -0.4 is 0 Å². The highest BCUT2D eigenvalue weighted by atomic mass is 32.1. The van der Waals surface area contributed by atoms with Gasteiger partial charge in [-0.1, -0.05) is 12.1 Å². The van der Waals surface area contributed by atoms with E-state index in [4.69, 9.17) is 5.26 Å². The molecule has 9 heteroatoms. The Bertz CT molecular complexity index is 904. The number of halogens is 3. The zero-order valence-corrected chi connectivity index (χ0v) is 12.5. The van der Waals surface area contributed by atoms with Gasteiger partial charge in [0.25, 0.3) is 0 Å². The molecule has 3 aromatic rings. The van der Waals surface area contributed by atoms with Crippen LogP contribution in [0.4, 0.5) is 13.2 Å². The van der Waals surface area contributed by atoms with Gasteiger partial charge in [-0.15, -0.1) is 16.4 Å². The van der Waals surface area contributed by atoms with Crippen LogP contribution in [0.15, 0.2) is 24.3 Å². The molecule has 0 aliphatic carbocycles. The summed E-state index contributed by atoms with van der Waals surface area (Å²) in [5, 5.41) is 19.3. The first-order valence-electron chi connectivity index (χ1n) is 6.36. The molecule has 2 aromatic heterocycles. The second kappa shape index (κ2) is 5.48. The highest BCUT2D eigenvalue weighted by Gasteiger charge is 2.30. The summed E-state index contributed by atoms with van der Waals surface area (Å²) in [7, 11) is 0. The molecule has 0 spiro atoms. The van der Waals surface area contributed by atoms with Crippen LogP contribution in [-0.4, -0.2) is 20.4 Å². The number of alkyl halides is 3. The first-order valence-corrected chi connectivity index (χ1v) is 7.18. The number of aryl methyl sites for hydroxylation is 1. The normalized spacial score (nSPS) is 11.4. The first-order chi connectivity index (χ1) is 10.9. The minimum Gasteiger partial charge on any atom is -0.234 e. The van der Waals surface area contributed by atoms with Crippen molar-refractivity contribution in [1.29, 1.82) is 5.26 Å². The second-order valence-corrected chi connectivity index (χ2v) is 5.84. The quantitative estimate of drug-likeness (QED) is 0.773. The molecule has 0 aliphatic rings. The molecular formula is C14H8F3N5S. The molecule has 0 saturated heterocycles. The minimum absolute atomic E-state index is 0.0917. The highest BCUT2D eigenvalue weighted by Crippen LogP contribution is 2.36. The number of H-pyrrole nitrogens is 1. The average molecular weight is 335 g/mol. The third-order valence-electron chi connectivity index (χ3n) is 3.11. The molecule has 0 bridgehead atoms. The molecule has 0 atom stereocenters. The predicted molar refractivity (Wildman–Crippen MR) is 77.4 cm³/mol. The van der Waals surface area contributed by atoms with Gasteiger partial charge in [-0.3, -0.25) is 0 Å². The fraction of sp³-hybridized carbons (Fsp3) is 0.143. The number of nitrogens with zero attached hydrogens (tertiary/aromatic N) is 4. The summed E-state index contributed by atoms with van der Waals surface area (Å²) < 4.78 is 38.4. The highest BCUT2D eigenvalue weighted by molar-refractivity contribution is 7.15. The molecule has 0 amide bonds. The third-order valence-corrected chi connectivity index (χ3v) is 4.13. The van der Waals surface area contributed by atoms with Crippen molar-refractivity contribution >= 4 is 11.3 Å². The van der Waals surface area contributed by atoms with Crippen molar-refractivity contribution in [3.63, 3.8) is 0 Å². The molecule has 116 valence electrons. The van der Waals surface area contributed by atoms with Gasteiger partial charge >= 0.3 is 6.18 Å². The average Bonchev–Trinajstić information content (AvgIpc) is 3.12. The zero-order valence-electron chi connectivity index (χ0n) is 11.6. The van der Waals surface area contributed by atoms with E-state index in [-0.39, 0.29) is 5.69 Å². The SMILES string of the molecule is Cc1sc(-c2cccc(C(F)(F)F)c2)nc1-c1n[nH]nc1C#N. The van der Waals surface area contributed by atoms with Crippen molar-refractivity contribution in [3.8, 4) is 28.0 Å². The molecule has 2 heterocycles. The van der Waals surface area contributed by atoms with E-state index in [1.165, 1.54) is 17.4 Å². The number of aromatic amines is 1. The van der Waals surface area contributed by atoms with E-state index in [0.29, 0.717) is 22.0 Å². The molecule has 1 N–H and O–H groups in total. The van der Waals surface area contributed by atoms with Gasteiger partial charge in [-0.2, -0.15) is 28.7 Å². The molecule has 0 saturated carbocycles. The van der Waals surface area contributed by atoms with E-state index in [1.807, 2.05) is 6.07 Å². The van der Waals surface area contributed by atoms with Gasteiger partial charge in [-0.25, -0.2) is 4.98 Å². The maximum Gasteiger partial charge on any atom is 0.416 e. The van der Waals surface area contributed by atoms with E-state index in [9.17, 15) is 13.2 Å². The lowest BCUT2D eigenvalue weighted by molar-refractivity contribution is -0.137. The van der Waals surface area contributed by atoms with E-state index in [0.717, 1.165) is 17.0 Å². The fourth-order valence-electron chi connectivity index (χ4n) is 2.04. The number of nitrogens with one attached hydrogen (secondary N) is 1. The monoisotopic (exact) mass is 335 g/mol. The number of nitriles is 1. The number of thiazole rings is 1. The van der Waals surface area contributed by atoms with Crippen molar-refractivity contribution in [2.24, 2.45) is 0 Å². The van der Waals surface area contributed by atoms with Crippen molar-refractivity contribution in [3.05, 3.63) is 40.4 Å². The second-order valence-electron chi connectivity index (χ2n) is 4.63. The summed E-state index contributed by atoms with van der Waals surface area (Å²) in [4.78, 5) is 5.07. The van der Waals surface area contributed by atoms with Crippen molar-refractivity contribution < 1.29 is 13.2 Å². The van der Waals surface area contributed by atoms with Crippen LogP contribution in [0.5, 0.6) is 0 Å². The molecule has 23 heavy (non-hydrogen) atoms. The van der Waals surface area contributed by atoms with Gasteiger partial charge in [0.2, 0.25) is 0 Å². The van der Waals surface area contributed by atoms with E-state index in [2.05, 4.69) is 20.4 Å². The molecular weight excluding hydrogens is 327 g/mol. The van der Waals surface area contributed by atoms with Crippen molar-refractivity contribution in [2.45, 2.75) is 13.1 Å². The number of benzene rings is 1. The summed E-state index contributed by atoms with van der Waals surface area (Å²) >= 11 is 1.23. The summed E-state index contributed by atoms with van der Waals surface area (Å²) in [6, 6.07) is 6.85. The minimum atomic E-state index is -4.41. The molecule has 1 aromatic carbocycles. The van der Waals surface area contributed by atoms with E-state index >= 15 is 0 Å². The maximum atomic E-state index is 12.8.